The number of amides is 3. The third-order valence-corrected chi connectivity index (χ3v) is 6.59. The molecule has 0 aliphatic heterocycles. The zero-order chi connectivity index (χ0) is 26.7. The van der Waals surface area contributed by atoms with E-state index < -0.39 is 11.8 Å². The highest BCUT2D eigenvalue weighted by molar-refractivity contribution is 8.00. The van der Waals surface area contributed by atoms with Crippen molar-refractivity contribution in [1.29, 1.82) is 0 Å². The van der Waals surface area contributed by atoms with Crippen LogP contribution in [0, 0.1) is 0 Å². The number of carbonyl (C=O) groups is 3. The van der Waals surface area contributed by atoms with Crippen molar-refractivity contribution in [3.05, 3.63) is 131 Å². The standard InChI is InChI=1S/C30H24ClN3O3S/c31-26-17-8-7-12-22(26)18-27(34-29(36)21-10-3-1-4-11-21)30(37)33-24-15-9-16-25(19-24)38-20-28(35)32-23-13-5-2-6-14-23/h1-19H,20H2,(H,32,35)(H,33,37)(H,34,36)/b27-18+. The van der Waals surface area contributed by atoms with E-state index in [1.54, 1.807) is 72.8 Å². The molecule has 0 aliphatic rings. The van der Waals surface area contributed by atoms with Gasteiger partial charge in [0.2, 0.25) is 5.91 Å². The molecular formula is C30H24ClN3O3S. The molecule has 0 aromatic heterocycles. The van der Waals surface area contributed by atoms with Crippen molar-refractivity contribution >= 4 is 58.5 Å². The summed E-state index contributed by atoms with van der Waals surface area (Å²) in [6.45, 7) is 0. The van der Waals surface area contributed by atoms with Gasteiger partial charge in [0, 0.05) is 26.9 Å². The van der Waals surface area contributed by atoms with Crippen LogP contribution in [0.15, 0.2) is 120 Å². The summed E-state index contributed by atoms with van der Waals surface area (Å²) in [6.07, 6.45) is 1.53. The summed E-state index contributed by atoms with van der Waals surface area (Å²) in [5.74, 6) is -0.868. The number of anilines is 2. The van der Waals surface area contributed by atoms with Gasteiger partial charge in [-0.2, -0.15) is 0 Å². The Bertz CT molecular complexity index is 1460. The first-order valence-electron chi connectivity index (χ1n) is 11.7. The molecule has 0 bridgehead atoms. The molecule has 0 atom stereocenters. The molecule has 4 rings (SSSR count). The Hall–Kier alpha value is -4.33. The molecule has 0 heterocycles. The largest absolute Gasteiger partial charge is 0.325 e. The second kappa shape index (κ2) is 13.3. The first-order valence-corrected chi connectivity index (χ1v) is 13.1. The van der Waals surface area contributed by atoms with E-state index in [2.05, 4.69) is 16.0 Å². The minimum atomic E-state index is -0.516. The van der Waals surface area contributed by atoms with Gasteiger partial charge in [-0.05, 0) is 60.2 Å². The molecular weight excluding hydrogens is 518 g/mol. The van der Waals surface area contributed by atoms with E-state index in [1.165, 1.54) is 17.8 Å². The van der Waals surface area contributed by atoms with Gasteiger partial charge >= 0.3 is 0 Å². The lowest BCUT2D eigenvalue weighted by molar-refractivity contribution is -0.114. The Kier molecular flexibility index (Phi) is 9.34. The molecule has 190 valence electrons. The average molecular weight is 542 g/mol. The number of rotatable bonds is 9. The average Bonchev–Trinajstić information content (AvgIpc) is 2.94. The van der Waals surface area contributed by atoms with Crippen LogP contribution < -0.4 is 16.0 Å². The van der Waals surface area contributed by atoms with Crippen LogP contribution in [0.25, 0.3) is 6.08 Å². The molecule has 38 heavy (non-hydrogen) atoms. The summed E-state index contributed by atoms with van der Waals surface area (Å²) in [5, 5.41) is 8.82. The summed E-state index contributed by atoms with van der Waals surface area (Å²) in [6, 6.07) is 32.0. The molecule has 0 saturated carbocycles. The van der Waals surface area contributed by atoms with E-state index >= 15 is 0 Å². The van der Waals surface area contributed by atoms with Crippen LogP contribution >= 0.6 is 23.4 Å². The smallest absolute Gasteiger partial charge is 0.272 e. The van der Waals surface area contributed by atoms with Gasteiger partial charge in [-0.1, -0.05) is 72.3 Å². The second-order valence-electron chi connectivity index (χ2n) is 8.08. The Morgan fingerprint density at radius 2 is 1.39 bits per heavy atom. The fourth-order valence-electron chi connectivity index (χ4n) is 3.42. The maximum atomic E-state index is 13.3. The lowest BCUT2D eigenvalue weighted by Gasteiger charge is -2.12. The summed E-state index contributed by atoms with van der Waals surface area (Å²) in [7, 11) is 0. The Labute approximate surface area is 230 Å². The van der Waals surface area contributed by atoms with Crippen molar-refractivity contribution in [1.82, 2.24) is 5.32 Å². The second-order valence-corrected chi connectivity index (χ2v) is 9.54. The maximum Gasteiger partial charge on any atom is 0.272 e. The van der Waals surface area contributed by atoms with Gasteiger partial charge in [-0.25, -0.2) is 0 Å². The first-order chi connectivity index (χ1) is 18.5. The zero-order valence-corrected chi connectivity index (χ0v) is 21.8. The van der Waals surface area contributed by atoms with Crippen LogP contribution in [0.2, 0.25) is 5.02 Å². The fourth-order valence-corrected chi connectivity index (χ4v) is 4.36. The number of para-hydroxylation sites is 1. The van der Waals surface area contributed by atoms with Crippen LogP contribution in [-0.4, -0.2) is 23.5 Å². The van der Waals surface area contributed by atoms with Crippen molar-refractivity contribution in [2.75, 3.05) is 16.4 Å². The number of thioether (sulfide) groups is 1. The van der Waals surface area contributed by atoms with Gasteiger partial charge in [-0.15, -0.1) is 11.8 Å². The van der Waals surface area contributed by atoms with Crippen LogP contribution in [-0.2, 0) is 9.59 Å². The number of hydrogen-bond acceptors (Lipinski definition) is 4. The van der Waals surface area contributed by atoms with E-state index in [-0.39, 0.29) is 17.4 Å². The SMILES string of the molecule is O=C(CSc1cccc(NC(=O)/C(=C\c2ccccc2Cl)NC(=O)c2ccccc2)c1)Nc1ccccc1. The quantitative estimate of drug-likeness (QED) is 0.167. The van der Waals surface area contributed by atoms with Gasteiger partial charge in [0.15, 0.2) is 0 Å². The van der Waals surface area contributed by atoms with Crippen LogP contribution in [0.4, 0.5) is 11.4 Å². The van der Waals surface area contributed by atoms with Gasteiger partial charge in [0.25, 0.3) is 11.8 Å². The molecule has 0 fully saturated rings. The van der Waals surface area contributed by atoms with Crippen molar-refractivity contribution in [3.8, 4) is 0 Å². The predicted molar refractivity (Wildman–Crippen MR) is 154 cm³/mol. The minimum Gasteiger partial charge on any atom is -0.325 e. The third-order valence-electron chi connectivity index (χ3n) is 5.25. The number of benzene rings is 4. The van der Waals surface area contributed by atoms with E-state index in [9.17, 15) is 14.4 Å². The molecule has 8 heteroatoms. The number of carbonyl (C=O) groups excluding carboxylic acids is 3. The van der Waals surface area contributed by atoms with Gasteiger partial charge in [-0.3, -0.25) is 14.4 Å². The lowest BCUT2D eigenvalue weighted by atomic mass is 10.1. The van der Waals surface area contributed by atoms with Gasteiger partial charge < -0.3 is 16.0 Å². The molecule has 0 spiro atoms. The van der Waals surface area contributed by atoms with Crippen molar-refractivity contribution < 1.29 is 14.4 Å². The lowest BCUT2D eigenvalue weighted by Crippen LogP contribution is -2.30. The normalized spacial score (nSPS) is 10.9. The van der Waals surface area contributed by atoms with Gasteiger partial charge in [0.05, 0.1) is 5.75 Å². The molecule has 3 N–H and O–H groups in total. The fraction of sp³-hybridized carbons (Fsp3) is 0.0333. The van der Waals surface area contributed by atoms with Crippen molar-refractivity contribution in [2.24, 2.45) is 0 Å². The highest BCUT2D eigenvalue weighted by Crippen LogP contribution is 2.23. The van der Waals surface area contributed by atoms with E-state index in [0.717, 1.165) is 10.6 Å². The first kappa shape index (κ1) is 26.7. The minimum absolute atomic E-state index is 0.0345. The Morgan fingerprint density at radius 3 is 2.13 bits per heavy atom. The summed E-state index contributed by atoms with van der Waals surface area (Å²) < 4.78 is 0. The zero-order valence-electron chi connectivity index (χ0n) is 20.2. The Morgan fingerprint density at radius 1 is 0.737 bits per heavy atom. The van der Waals surface area contributed by atoms with Crippen molar-refractivity contribution in [3.63, 3.8) is 0 Å². The molecule has 4 aromatic carbocycles. The van der Waals surface area contributed by atoms with Crippen molar-refractivity contribution in [2.45, 2.75) is 4.90 Å². The molecule has 4 aromatic rings. The number of nitrogens with one attached hydrogen (secondary N) is 3. The highest BCUT2D eigenvalue weighted by atomic mass is 35.5. The summed E-state index contributed by atoms with van der Waals surface area (Å²) in [4.78, 5) is 39.2. The van der Waals surface area contributed by atoms with E-state index in [1.807, 2.05) is 36.4 Å². The molecule has 0 radical (unpaired) electrons. The van der Waals surface area contributed by atoms with Crippen LogP contribution in [0.1, 0.15) is 15.9 Å². The number of hydrogen-bond donors (Lipinski definition) is 3. The maximum absolute atomic E-state index is 13.3. The molecule has 0 aliphatic carbocycles. The summed E-state index contributed by atoms with van der Waals surface area (Å²) >= 11 is 7.64. The monoisotopic (exact) mass is 541 g/mol. The molecule has 0 saturated heterocycles. The molecule has 3 amide bonds. The van der Waals surface area contributed by atoms with Gasteiger partial charge in [0.1, 0.15) is 5.70 Å². The van der Waals surface area contributed by atoms with E-state index in [4.69, 9.17) is 11.6 Å². The topological polar surface area (TPSA) is 87.3 Å². The number of halogens is 1. The van der Waals surface area contributed by atoms with E-state index in [0.29, 0.717) is 21.8 Å². The predicted octanol–water partition coefficient (Wildman–Crippen LogP) is 6.48. The summed E-state index contributed by atoms with van der Waals surface area (Å²) in [5.41, 5.74) is 2.28. The molecule has 6 nitrogen and oxygen atoms in total. The third kappa shape index (κ3) is 7.83. The van der Waals surface area contributed by atoms with Crippen LogP contribution in [0.5, 0.6) is 0 Å². The highest BCUT2D eigenvalue weighted by Gasteiger charge is 2.16. The Balaban J connectivity index is 1.46. The molecule has 0 unspecified atom stereocenters. The van der Waals surface area contributed by atoms with Crippen LogP contribution in [0.3, 0.4) is 0 Å².